The number of hydrogen-bond donors (Lipinski definition) is 2. The summed E-state index contributed by atoms with van der Waals surface area (Å²) < 4.78 is 32.3. The Bertz CT molecular complexity index is 891. The molecule has 2 N–H and O–H groups in total. The molecule has 0 saturated carbocycles. The average molecular weight is 375 g/mol. The van der Waals surface area contributed by atoms with E-state index < -0.39 is 15.9 Å². The van der Waals surface area contributed by atoms with Gasteiger partial charge in [-0.05, 0) is 55.8 Å². The van der Waals surface area contributed by atoms with Gasteiger partial charge in [-0.1, -0.05) is 12.1 Å². The molecule has 1 amide bonds. The van der Waals surface area contributed by atoms with Crippen molar-refractivity contribution in [3.8, 4) is 5.75 Å². The van der Waals surface area contributed by atoms with Crippen LogP contribution in [0.4, 0.5) is 0 Å². The molecule has 0 spiro atoms. The summed E-state index contributed by atoms with van der Waals surface area (Å²) in [4.78, 5) is 12.3. The molecule has 0 aromatic heterocycles. The van der Waals surface area contributed by atoms with E-state index in [0.717, 1.165) is 5.56 Å². The number of sulfonamides is 1. The maximum Gasteiger partial charge on any atom is 0.272 e. The first-order valence-corrected chi connectivity index (χ1v) is 9.40. The van der Waals surface area contributed by atoms with Crippen molar-refractivity contribution in [1.82, 2.24) is 10.1 Å². The minimum atomic E-state index is -3.80. The first-order chi connectivity index (χ1) is 12.3. The Morgan fingerprint density at radius 2 is 1.77 bits per heavy atom. The van der Waals surface area contributed by atoms with Gasteiger partial charge >= 0.3 is 0 Å². The summed E-state index contributed by atoms with van der Waals surface area (Å²) in [5, 5.41) is 3.88. The van der Waals surface area contributed by atoms with Crippen LogP contribution in [0.1, 0.15) is 29.8 Å². The van der Waals surface area contributed by atoms with Crippen molar-refractivity contribution in [1.29, 1.82) is 0 Å². The Balaban J connectivity index is 2.16. The summed E-state index contributed by atoms with van der Waals surface area (Å²) in [6.07, 6.45) is 1.46. The molecule has 0 unspecified atom stereocenters. The summed E-state index contributed by atoms with van der Waals surface area (Å²) in [5.74, 6) is 0.0995. The van der Waals surface area contributed by atoms with E-state index in [0.29, 0.717) is 5.75 Å². The Labute approximate surface area is 153 Å². The lowest BCUT2D eigenvalue weighted by atomic mass is 10.2. The van der Waals surface area contributed by atoms with E-state index in [1.165, 1.54) is 18.3 Å². The van der Waals surface area contributed by atoms with Gasteiger partial charge in [0.15, 0.2) is 0 Å². The van der Waals surface area contributed by atoms with Gasteiger partial charge in [-0.15, -0.1) is 0 Å². The van der Waals surface area contributed by atoms with Crippen molar-refractivity contribution in [2.24, 2.45) is 5.10 Å². The van der Waals surface area contributed by atoms with Gasteiger partial charge in [0.1, 0.15) is 5.75 Å². The maximum atomic E-state index is 12.4. The van der Waals surface area contributed by atoms with Crippen LogP contribution in [0.25, 0.3) is 0 Å². The second kappa shape index (κ2) is 8.59. The monoisotopic (exact) mass is 375 g/mol. The third kappa shape index (κ3) is 5.14. The smallest absolute Gasteiger partial charge is 0.272 e. The molecule has 7 nitrogen and oxygen atoms in total. The van der Waals surface area contributed by atoms with E-state index in [1.807, 2.05) is 0 Å². The highest BCUT2D eigenvalue weighted by Gasteiger charge is 2.22. The van der Waals surface area contributed by atoms with Crippen LogP contribution in [0.15, 0.2) is 58.5 Å². The lowest BCUT2D eigenvalue weighted by molar-refractivity contribution is 0.0952. The fourth-order valence-corrected chi connectivity index (χ4v) is 3.63. The third-order valence-corrected chi connectivity index (χ3v) is 5.02. The van der Waals surface area contributed by atoms with Gasteiger partial charge in [0.25, 0.3) is 5.91 Å². The number of ether oxygens (including phenoxy) is 1. The number of carbonyl (C=O) groups excluding carboxylic acids is 1. The van der Waals surface area contributed by atoms with Crippen molar-refractivity contribution < 1.29 is 17.9 Å². The standard InChI is InChI=1S/C18H21N3O4S/c1-13(2)21-26(23,24)17-7-5-4-6-16(17)18(22)20-19-12-14-8-10-15(25-3)11-9-14/h4-13,21H,1-3H3,(H,20,22)/b19-12+. The average Bonchev–Trinajstić information content (AvgIpc) is 2.61. The van der Waals surface area contributed by atoms with Crippen LogP contribution in [-0.2, 0) is 10.0 Å². The molecule has 0 aliphatic carbocycles. The van der Waals surface area contributed by atoms with Crippen molar-refractivity contribution in [3.63, 3.8) is 0 Å². The first-order valence-electron chi connectivity index (χ1n) is 7.92. The predicted molar refractivity (Wildman–Crippen MR) is 100.0 cm³/mol. The second-order valence-corrected chi connectivity index (χ2v) is 7.43. The van der Waals surface area contributed by atoms with Crippen molar-refractivity contribution >= 4 is 22.1 Å². The van der Waals surface area contributed by atoms with Gasteiger partial charge in [-0.2, -0.15) is 5.10 Å². The van der Waals surface area contributed by atoms with E-state index in [9.17, 15) is 13.2 Å². The number of hydrogen-bond acceptors (Lipinski definition) is 5. The van der Waals surface area contributed by atoms with Gasteiger partial charge < -0.3 is 4.74 Å². The van der Waals surface area contributed by atoms with E-state index >= 15 is 0 Å². The van der Waals surface area contributed by atoms with Gasteiger partial charge in [0.05, 0.1) is 23.8 Å². The van der Waals surface area contributed by atoms with Gasteiger partial charge in [0.2, 0.25) is 10.0 Å². The Kier molecular flexibility index (Phi) is 6.48. The molecule has 2 aromatic carbocycles. The van der Waals surface area contributed by atoms with Crippen molar-refractivity contribution in [2.45, 2.75) is 24.8 Å². The normalized spacial score (nSPS) is 11.7. The SMILES string of the molecule is COc1ccc(/C=N/NC(=O)c2ccccc2S(=O)(=O)NC(C)C)cc1. The van der Waals surface area contributed by atoms with Crippen molar-refractivity contribution in [3.05, 3.63) is 59.7 Å². The van der Waals surface area contributed by atoms with Gasteiger partial charge in [-0.3, -0.25) is 4.79 Å². The summed E-state index contributed by atoms with van der Waals surface area (Å²) in [6, 6.07) is 12.8. The van der Waals surface area contributed by atoms with Crippen LogP contribution in [-0.4, -0.2) is 33.7 Å². The highest BCUT2D eigenvalue weighted by molar-refractivity contribution is 7.89. The van der Waals surface area contributed by atoms with E-state index in [4.69, 9.17) is 4.74 Å². The molecule has 0 atom stereocenters. The van der Waals surface area contributed by atoms with Crippen LogP contribution >= 0.6 is 0 Å². The number of nitrogens with zero attached hydrogens (tertiary/aromatic N) is 1. The third-order valence-electron chi connectivity index (χ3n) is 3.31. The van der Waals surface area contributed by atoms with Crippen LogP contribution in [0.2, 0.25) is 0 Å². The van der Waals surface area contributed by atoms with E-state index in [-0.39, 0.29) is 16.5 Å². The van der Waals surface area contributed by atoms with Gasteiger partial charge in [-0.25, -0.2) is 18.6 Å². The number of amides is 1. The number of nitrogens with one attached hydrogen (secondary N) is 2. The molecule has 138 valence electrons. The summed E-state index contributed by atoms with van der Waals surface area (Å²) in [7, 11) is -2.22. The quantitative estimate of drug-likeness (QED) is 0.572. The van der Waals surface area contributed by atoms with Crippen LogP contribution in [0.5, 0.6) is 5.75 Å². The highest BCUT2D eigenvalue weighted by atomic mass is 32.2. The Hall–Kier alpha value is -2.71. The lowest BCUT2D eigenvalue weighted by Gasteiger charge is -2.12. The molecule has 0 bridgehead atoms. The molecule has 0 radical (unpaired) electrons. The molecule has 2 rings (SSSR count). The minimum Gasteiger partial charge on any atom is -0.497 e. The van der Waals surface area contributed by atoms with Crippen LogP contribution in [0, 0.1) is 0 Å². The zero-order valence-corrected chi connectivity index (χ0v) is 15.6. The molecular formula is C18H21N3O4S. The second-order valence-electron chi connectivity index (χ2n) is 5.74. The van der Waals surface area contributed by atoms with Crippen molar-refractivity contribution in [2.75, 3.05) is 7.11 Å². The Morgan fingerprint density at radius 1 is 1.12 bits per heavy atom. The fraction of sp³-hybridized carbons (Fsp3) is 0.222. The highest BCUT2D eigenvalue weighted by Crippen LogP contribution is 2.16. The first kappa shape index (κ1) is 19.6. The van der Waals surface area contributed by atoms with E-state index in [1.54, 1.807) is 57.4 Å². The van der Waals surface area contributed by atoms with Crippen LogP contribution in [0.3, 0.4) is 0 Å². The zero-order chi connectivity index (χ0) is 19.2. The number of methoxy groups -OCH3 is 1. The molecule has 0 saturated heterocycles. The fourth-order valence-electron chi connectivity index (χ4n) is 2.18. The molecule has 0 aliphatic heterocycles. The maximum absolute atomic E-state index is 12.4. The summed E-state index contributed by atoms with van der Waals surface area (Å²) in [6.45, 7) is 3.42. The Morgan fingerprint density at radius 3 is 2.38 bits per heavy atom. The molecule has 0 fully saturated rings. The molecule has 2 aromatic rings. The molecule has 0 aliphatic rings. The van der Waals surface area contributed by atoms with Crippen LogP contribution < -0.4 is 14.9 Å². The number of benzene rings is 2. The minimum absolute atomic E-state index is 0.0209. The molecule has 8 heteroatoms. The number of carbonyl (C=O) groups is 1. The largest absolute Gasteiger partial charge is 0.497 e. The molecule has 26 heavy (non-hydrogen) atoms. The van der Waals surface area contributed by atoms with Gasteiger partial charge in [0, 0.05) is 6.04 Å². The summed E-state index contributed by atoms with van der Waals surface area (Å²) >= 11 is 0. The molecular weight excluding hydrogens is 354 g/mol. The molecule has 0 heterocycles. The topological polar surface area (TPSA) is 96.9 Å². The lowest BCUT2D eigenvalue weighted by Crippen LogP contribution is -2.32. The number of hydrazone groups is 1. The number of rotatable bonds is 7. The zero-order valence-electron chi connectivity index (χ0n) is 14.8. The summed E-state index contributed by atoms with van der Waals surface area (Å²) in [5.41, 5.74) is 3.13. The predicted octanol–water partition coefficient (Wildman–Crippen LogP) is 2.15. The van der Waals surface area contributed by atoms with E-state index in [2.05, 4.69) is 15.2 Å².